The average molecular weight is 292 g/mol. The first kappa shape index (κ1) is 17.1. The number of benzene rings is 1. The first-order chi connectivity index (χ1) is 9.19. The summed E-state index contributed by atoms with van der Waals surface area (Å²) in [6.07, 6.45) is 1.24. The highest BCUT2D eigenvalue weighted by Crippen LogP contribution is 2.37. The lowest BCUT2D eigenvalue weighted by atomic mass is 9.97. The normalized spacial score (nSPS) is 15.7. The lowest BCUT2D eigenvalue weighted by molar-refractivity contribution is 0.0949. The van der Waals surface area contributed by atoms with Gasteiger partial charge in [0, 0.05) is 12.5 Å². The Morgan fingerprint density at radius 3 is 2.25 bits per heavy atom. The van der Waals surface area contributed by atoms with E-state index in [4.69, 9.17) is 4.43 Å². The maximum absolute atomic E-state index is 10.4. The Balaban J connectivity index is 2.72. The highest BCUT2D eigenvalue weighted by molar-refractivity contribution is 6.74. The van der Waals surface area contributed by atoms with Crippen LogP contribution < -0.4 is 0 Å². The molecule has 0 radical (unpaired) electrons. The molecule has 0 aliphatic carbocycles. The third-order valence-corrected chi connectivity index (χ3v) is 8.79. The summed E-state index contributed by atoms with van der Waals surface area (Å²) in [5, 5.41) is 10.6. The maximum Gasteiger partial charge on any atom is 0.192 e. The molecule has 0 fully saturated rings. The summed E-state index contributed by atoms with van der Waals surface area (Å²) in [5.41, 5.74) is 0.913. The average Bonchev–Trinajstić information content (AvgIpc) is 2.38. The molecule has 112 valence electrons. The van der Waals surface area contributed by atoms with Gasteiger partial charge < -0.3 is 9.53 Å². The zero-order valence-corrected chi connectivity index (χ0v) is 14.4. The van der Waals surface area contributed by atoms with Crippen LogP contribution in [-0.2, 0) is 4.43 Å². The summed E-state index contributed by atoms with van der Waals surface area (Å²) in [7, 11) is -1.79. The SMILES string of the molecule is C=C[C@@H](CO[Si](C)(C)C(C)(C)C)[C@H](O)c1ccccc1. The standard InChI is InChI=1S/C17H28O2Si/c1-7-14(13-19-20(5,6)17(2,3)4)16(18)15-11-9-8-10-12-15/h7-12,14,16,18H,1,13H2,2-6H3/t14-,16-/m0/s1. The van der Waals surface area contributed by atoms with Crippen molar-refractivity contribution in [3.05, 3.63) is 48.6 Å². The van der Waals surface area contributed by atoms with Crippen LogP contribution in [0.25, 0.3) is 0 Å². The fraction of sp³-hybridized carbons (Fsp3) is 0.529. The third kappa shape index (κ3) is 4.30. The number of hydrogen-bond acceptors (Lipinski definition) is 2. The molecule has 2 nitrogen and oxygen atoms in total. The largest absolute Gasteiger partial charge is 0.416 e. The predicted octanol–water partition coefficient (Wildman–Crippen LogP) is 4.54. The van der Waals surface area contributed by atoms with Crippen molar-refractivity contribution in [1.82, 2.24) is 0 Å². The highest BCUT2D eigenvalue weighted by atomic mass is 28.4. The van der Waals surface area contributed by atoms with Gasteiger partial charge in [-0.15, -0.1) is 6.58 Å². The topological polar surface area (TPSA) is 29.5 Å². The molecule has 0 spiro atoms. The number of hydrogen-bond donors (Lipinski definition) is 1. The van der Waals surface area contributed by atoms with Crippen molar-refractivity contribution in [3.63, 3.8) is 0 Å². The zero-order valence-electron chi connectivity index (χ0n) is 13.4. The van der Waals surface area contributed by atoms with Crippen molar-refractivity contribution in [2.24, 2.45) is 5.92 Å². The van der Waals surface area contributed by atoms with Gasteiger partial charge >= 0.3 is 0 Å². The highest BCUT2D eigenvalue weighted by Gasteiger charge is 2.37. The van der Waals surface area contributed by atoms with Crippen LogP contribution in [0.4, 0.5) is 0 Å². The quantitative estimate of drug-likeness (QED) is 0.616. The summed E-state index contributed by atoms with van der Waals surface area (Å²) in [6.45, 7) is 15.5. The Kier molecular flexibility index (Phi) is 5.75. The van der Waals surface area contributed by atoms with Gasteiger partial charge in [-0.3, -0.25) is 0 Å². The van der Waals surface area contributed by atoms with Crippen LogP contribution in [0.2, 0.25) is 18.1 Å². The first-order valence-corrected chi connectivity index (χ1v) is 10.1. The van der Waals surface area contributed by atoms with Crippen LogP contribution in [0.1, 0.15) is 32.4 Å². The van der Waals surface area contributed by atoms with Crippen molar-refractivity contribution in [2.75, 3.05) is 6.61 Å². The molecule has 0 unspecified atom stereocenters. The smallest absolute Gasteiger partial charge is 0.192 e. The Morgan fingerprint density at radius 2 is 1.80 bits per heavy atom. The predicted molar refractivity (Wildman–Crippen MR) is 88.2 cm³/mol. The molecule has 0 saturated heterocycles. The van der Waals surface area contributed by atoms with Crippen LogP contribution in [0, 0.1) is 5.92 Å². The van der Waals surface area contributed by atoms with Gasteiger partial charge in [-0.05, 0) is 23.7 Å². The van der Waals surface area contributed by atoms with E-state index in [1.807, 2.05) is 30.3 Å². The van der Waals surface area contributed by atoms with Crippen LogP contribution in [0.3, 0.4) is 0 Å². The van der Waals surface area contributed by atoms with Crippen LogP contribution in [0.5, 0.6) is 0 Å². The maximum atomic E-state index is 10.4. The molecule has 20 heavy (non-hydrogen) atoms. The molecule has 1 aromatic carbocycles. The van der Waals surface area contributed by atoms with E-state index in [1.165, 1.54) is 0 Å². The van der Waals surface area contributed by atoms with Gasteiger partial charge in [-0.1, -0.05) is 57.2 Å². The second kappa shape index (κ2) is 6.70. The molecule has 3 heteroatoms. The molecule has 1 N–H and O–H groups in total. The summed E-state index contributed by atoms with van der Waals surface area (Å²) >= 11 is 0. The third-order valence-electron chi connectivity index (χ3n) is 4.29. The molecule has 0 saturated carbocycles. The molecule has 0 aromatic heterocycles. The van der Waals surface area contributed by atoms with E-state index in [1.54, 1.807) is 6.08 Å². The van der Waals surface area contributed by atoms with Crippen molar-refractivity contribution >= 4 is 8.32 Å². The Labute approximate surface area is 124 Å². The van der Waals surface area contributed by atoms with Crippen LogP contribution in [-0.4, -0.2) is 20.0 Å². The fourth-order valence-corrected chi connectivity index (χ4v) is 2.75. The van der Waals surface area contributed by atoms with E-state index in [0.717, 1.165) is 5.56 Å². The molecular weight excluding hydrogens is 264 g/mol. The zero-order chi connectivity index (χ0) is 15.4. The van der Waals surface area contributed by atoms with Gasteiger partial charge in [0.15, 0.2) is 8.32 Å². The van der Waals surface area contributed by atoms with Crippen LogP contribution in [0.15, 0.2) is 43.0 Å². The lowest BCUT2D eigenvalue weighted by Gasteiger charge is -2.37. The van der Waals surface area contributed by atoms with Crippen molar-refractivity contribution in [3.8, 4) is 0 Å². The van der Waals surface area contributed by atoms with E-state index in [0.29, 0.717) is 6.61 Å². The minimum absolute atomic E-state index is 0.0773. The van der Waals surface area contributed by atoms with Gasteiger partial charge in [0.05, 0.1) is 6.10 Å². The number of aliphatic hydroxyl groups excluding tert-OH is 1. The molecule has 0 heterocycles. The molecule has 1 rings (SSSR count). The van der Waals surface area contributed by atoms with Gasteiger partial charge in [0.1, 0.15) is 0 Å². The van der Waals surface area contributed by atoms with E-state index < -0.39 is 14.4 Å². The molecular formula is C17H28O2Si. The molecule has 0 aliphatic heterocycles. The Morgan fingerprint density at radius 1 is 1.25 bits per heavy atom. The first-order valence-electron chi connectivity index (χ1n) is 7.18. The lowest BCUT2D eigenvalue weighted by Crippen LogP contribution is -2.42. The number of aliphatic hydroxyl groups is 1. The van der Waals surface area contributed by atoms with Crippen molar-refractivity contribution in [1.29, 1.82) is 0 Å². The van der Waals surface area contributed by atoms with Gasteiger partial charge in [0.25, 0.3) is 0 Å². The summed E-state index contributed by atoms with van der Waals surface area (Å²) < 4.78 is 6.20. The Bertz CT molecular complexity index is 420. The minimum Gasteiger partial charge on any atom is -0.416 e. The molecule has 0 bridgehead atoms. The molecule has 2 atom stereocenters. The van der Waals surface area contributed by atoms with Gasteiger partial charge in [0.2, 0.25) is 0 Å². The monoisotopic (exact) mass is 292 g/mol. The second-order valence-electron chi connectivity index (χ2n) is 6.83. The van der Waals surface area contributed by atoms with Gasteiger partial charge in [-0.2, -0.15) is 0 Å². The van der Waals surface area contributed by atoms with Crippen molar-refractivity contribution < 1.29 is 9.53 Å². The second-order valence-corrected chi connectivity index (χ2v) is 11.6. The van der Waals surface area contributed by atoms with E-state index in [9.17, 15) is 5.11 Å². The fourth-order valence-electron chi connectivity index (χ4n) is 1.71. The minimum atomic E-state index is -1.79. The molecule has 1 aromatic rings. The van der Waals surface area contributed by atoms with Crippen LogP contribution >= 0.6 is 0 Å². The molecule has 0 amide bonds. The van der Waals surface area contributed by atoms with E-state index >= 15 is 0 Å². The summed E-state index contributed by atoms with van der Waals surface area (Å²) in [5.74, 6) is -0.0773. The number of rotatable bonds is 6. The van der Waals surface area contributed by atoms with Gasteiger partial charge in [-0.25, -0.2) is 0 Å². The summed E-state index contributed by atoms with van der Waals surface area (Å²) in [4.78, 5) is 0. The Hall–Kier alpha value is -0.903. The molecule has 0 aliphatic rings. The summed E-state index contributed by atoms with van der Waals surface area (Å²) in [6, 6.07) is 9.70. The van der Waals surface area contributed by atoms with E-state index in [2.05, 4.69) is 40.4 Å². The van der Waals surface area contributed by atoms with Crippen molar-refractivity contribution in [2.45, 2.75) is 45.0 Å². The van der Waals surface area contributed by atoms with E-state index in [-0.39, 0.29) is 11.0 Å².